The number of rotatable bonds is 2. The molecular weight excluding hydrogens is 346 g/mol. The van der Waals surface area contributed by atoms with Crippen LogP contribution in [0.2, 0.25) is 0 Å². The van der Waals surface area contributed by atoms with Crippen molar-refractivity contribution in [2.75, 3.05) is 6.61 Å². The van der Waals surface area contributed by atoms with Gasteiger partial charge in [0.1, 0.15) is 12.2 Å². The number of carboxylic acids is 1. The number of ether oxygens (including phenoxy) is 2. The average Bonchev–Trinajstić information content (AvgIpc) is 3.13. The molecule has 0 aliphatic carbocycles. The SMILES string of the molecule is C[C@H]1COc2c(-c3ccc4c(c3)COC4)ccc3c(=O)c(C(=O)O)cn1c23. The number of hydrogen-bond donors (Lipinski definition) is 1. The summed E-state index contributed by atoms with van der Waals surface area (Å²) < 4.78 is 13.4. The molecule has 0 amide bonds. The highest BCUT2D eigenvalue weighted by molar-refractivity contribution is 5.97. The Kier molecular flexibility index (Phi) is 3.39. The van der Waals surface area contributed by atoms with Crippen LogP contribution >= 0.6 is 0 Å². The van der Waals surface area contributed by atoms with Gasteiger partial charge in [-0.1, -0.05) is 12.1 Å². The molecule has 0 radical (unpaired) electrons. The van der Waals surface area contributed by atoms with Crippen LogP contribution in [0.4, 0.5) is 0 Å². The van der Waals surface area contributed by atoms with Gasteiger partial charge in [0.2, 0.25) is 5.43 Å². The lowest BCUT2D eigenvalue weighted by Gasteiger charge is -2.28. The lowest BCUT2D eigenvalue weighted by molar-refractivity contribution is 0.0694. The Labute approximate surface area is 154 Å². The maximum absolute atomic E-state index is 12.7. The first-order valence-corrected chi connectivity index (χ1v) is 8.82. The van der Waals surface area contributed by atoms with Crippen molar-refractivity contribution >= 4 is 16.9 Å². The molecule has 1 atom stereocenters. The van der Waals surface area contributed by atoms with Gasteiger partial charge < -0.3 is 19.1 Å². The predicted molar refractivity (Wildman–Crippen MR) is 99.3 cm³/mol. The molecule has 6 nitrogen and oxygen atoms in total. The molecule has 2 aromatic carbocycles. The first kappa shape index (κ1) is 16.1. The van der Waals surface area contributed by atoms with E-state index in [0.29, 0.717) is 36.5 Å². The van der Waals surface area contributed by atoms with E-state index in [0.717, 1.165) is 16.7 Å². The Balaban J connectivity index is 1.81. The molecule has 0 spiro atoms. The minimum Gasteiger partial charge on any atom is -0.489 e. The molecule has 3 aromatic rings. The molecule has 5 rings (SSSR count). The summed E-state index contributed by atoms with van der Waals surface area (Å²) in [6.07, 6.45) is 1.43. The third-order valence-electron chi connectivity index (χ3n) is 5.35. The van der Waals surface area contributed by atoms with Crippen LogP contribution in [0.15, 0.2) is 41.3 Å². The monoisotopic (exact) mass is 363 g/mol. The van der Waals surface area contributed by atoms with E-state index in [9.17, 15) is 14.7 Å². The fourth-order valence-electron chi connectivity index (χ4n) is 3.92. The van der Waals surface area contributed by atoms with Crippen molar-refractivity contribution in [1.82, 2.24) is 4.57 Å². The van der Waals surface area contributed by atoms with Crippen LogP contribution in [0, 0.1) is 0 Å². The third kappa shape index (κ3) is 2.30. The van der Waals surface area contributed by atoms with Crippen LogP contribution < -0.4 is 10.2 Å². The predicted octanol–water partition coefficient (Wildman–Crippen LogP) is 3.35. The minimum atomic E-state index is -1.21. The summed E-state index contributed by atoms with van der Waals surface area (Å²) in [7, 11) is 0. The summed E-state index contributed by atoms with van der Waals surface area (Å²) in [6, 6.07) is 9.64. The zero-order valence-electron chi connectivity index (χ0n) is 14.7. The molecule has 6 heteroatoms. The van der Waals surface area contributed by atoms with Gasteiger partial charge in [-0.2, -0.15) is 0 Å². The molecule has 2 aliphatic rings. The lowest BCUT2D eigenvalue weighted by atomic mass is 9.97. The molecule has 3 heterocycles. The van der Waals surface area contributed by atoms with Crippen molar-refractivity contribution in [2.45, 2.75) is 26.2 Å². The van der Waals surface area contributed by atoms with Gasteiger partial charge in [-0.05, 0) is 41.8 Å². The number of nitrogens with zero attached hydrogens (tertiary/aromatic N) is 1. The Hall–Kier alpha value is -3.12. The molecule has 27 heavy (non-hydrogen) atoms. The number of carbonyl (C=O) groups is 1. The largest absolute Gasteiger partial charge is 0.489 e. The highest BCUT2D eigenvalue weighted by atomic mass is 16.5. The number of carboxylic acid groups (broad SMARTS) is 1. The van der Waals surface area contributed by atoms with Crippen LogP contribution in [0.25, 0.3) is 22.0 Å². The molecule has 0 fully saturated rings. The van der Waals surface area contributed by atoms with E-state index in [4.69, 9.17) is 9.47 Å². The molecule has 0 saturated heterocycles. The second kappa shape index (κ2) is 5.69. The zero-order chi connectivity index (χ0) is 18.7. The molecule has 0 saturated carbocycles. The van der Waals surface area contributed by atoms with Gasteiger partial charge in [-0.25, -0.2) is 4.79 Å². The first-order valence-electron chi connectivity index (χ1n) is 8.82. The van der Waals surface area contributed by atoms with E-state index in [-0.39, 0.29) is 11.6 Å². The van der Waals surface area contributed by atoms with Crippen LogP contribution in [0.3, 0.4) is 0 Å². The van der Waals surface area contributed by atoms with Crippen molar-refractivity contribution in [2.24, 2.45) is 0 Å². The van der Waals surface area contributed by atoms with Gasteiger partial charge in [0.05, 0.1) is 30.2 Å². The third-order valence-corrected chi connectivity index (χ3v) is 5.35. The molecule has 2 aliphatic heterocycles. The standard InChI is InChI=1S/C21H17NO5/c1-11-8-27-20-15(12-2-3-13-9-26-10-14(13)6-12)4-5-16-18(20)22(11)7-17(19(16)23)21(24)25/h2-7,11H,8-10H2,1H3,(H,24,25)/t11-/m0/s1. The summed E-state index contributed by atoms with van der Waals surface area (Å²) >= 11 is 0. The van der Waals surface area contributed by atoms with Crippen LogP contribution in [-0.4, -0.2) is 22.2 Å². The van der Waals surface area contributed by atoms with E-state index >= 15 is 0 Å². The number of fused-ring (bicyclic) bond motifs is 1. The Morgan fingerprint density at radius 2 is 2.00 bits per heavy atom. The quantitative estimate of drug-likeness (QED) is 0.755. The lowest BCUT2D eigenvalue weighted by Crippen LogP contribution is -2.26. The fraction of sp³-hybridized carbons (Fsp3) is 0.238. The second-order valence-corrected chi connectivity index (χ2v) is 7.06. The Morgan fingerprint density at radius 1 is 1.19 bits per heavy atom. The smallest absolute Gasteiger partial charge is 0.341 e. The van der Waals surface area contributed by atoms with E-state index in [2.05, 4.69) is 12.1 Å². The molecule has 0 unspecified atom stereocenters. The Bertz CT molecular complexity index is 1180. The highest BCUT2D eigenvalue weighted by Crippen LogP contribution is 2.40. The molecule has 1 aromatic heterocycles. The zero-order valence-corrected chi connectivity index (χ0v) is 14.7. The second-order valence-electron chi connectivity index (χ2n) is 7.06. The van der Waals surface area contributed by atoms with E-state index in [1.54, 1.807) is 6.07 Å². The van der Waals surface area contributed by atoms with Crippen molar-refractivity contribution in [3.8, 4) is 16.9 Å². The number of aromatic nitrogens is 1. The summed E-state index contributed by atoms with van der Waals surface area (Å²) in [5.74, 6) is -0.591. The number of pyridine rings is 1. The topological polar surface area (TPSA) is 77.8 Å². The maximum atomic E-state index is 12.7. The number of aromatic carboxylic acids is 1. The molecule has 1 N–H and O–H groups in total. The van der Waals surface area contributed by atoms with Crippen molar-refractivity contribution < 1.29 is 19.4 Å². The summed E-state index contributed by atoms with van der Waals surface area (Å²) in [5, 5.41) is 9.75. The normalized spacial score (nSPS) is 17.6. The summed E-state index contributed by atoms with van der Waals surface area (Å²) in [6.45, 7) is 3.58. The van der Waals surface area contributed by atoms with Gasteiger partial charge in [0.25, 0.3) is 0 Å². The first-order chi connectivity index (χ1) is 13.0. The van der Waals surface area contributed by atoms with Gasteiger partial charge in [0, 0.05) is 11.8 Å². The number of hydrogen-bond acceptors (Lipinski definition) is 4. The molecule has 136 valence electrons. The maximum Gasteiger partial charge on any atom is 0.341 e. The van der Waals surface area contributed by atoms with Crippen molar-refractivity contribution in [3.63, 3.8) is 0 Å². The average molecular weight is 363 g/mol. The molecular formula is C21H17NO5. The van der Waals surface area contributed by atoms with Crippen LogP contribution in [-0.2, 0) is 18.0 Å². The Morgan fingerprint density at radius 3 is 2.81 bits per heavy atom. The van der Waals surface area contributed by atoms with E-state index in [1.807, 2.05) is 23.6 Å². The van der Waals surface area contributed by atoms with Crippen LogP contribution in [0.5, 0.6) is 5.75 Å². The van der Waals surface area contributed by atoms with Crippen LogP contribution in [0.1, 0.15) is 34.5 Å². The minimum absolute atomic E-state index is 0.0672. The van der Waals surface area contributed by atoms with E-state index in [1.165, 1.54) is 11.8 Å². The van der Waals surface area contributed by atoms with Gasteiger partial charge in [0.15, 0.2) is 5.75 Å². The van der Waals surface area contributed by atoms with Crippen molar-refractivity contribution in [1.29, 1.82) is 0 Å². The van der Waals surface area contributed by atoms with Gasteiger partial charge >= 0.3 is 5.97 Å². The van der Waals surface area contributed by atoms with Crippen molar-refractivity contribution in [3.05, 3.63) is 63.4 Å². The van der Waals surface area contributed by atoms with Gasteiger partial charge in [-0.3, -0.25) is 4.79 Å². The summed E-state index contributed by atoms with van der Waals surface area (Å²) in [4.78, 5) is 24.1. The fourth-order valence-corrected chi connectivity index (χ4v) is 3.92. The van der Waals surface area contributed by atoms with E-state index < -0.39 is 11.4 Å². The molecule has 0 bridgehead atoms. The summed E-state index contributed by atoms with van der Waals surface area (Å²) in [5.41, 5.74) is 4.17. The number of benzene rings is 2. The highest BCUT2D eigenvalue weighted by Gasteiger charge is 2.26. The van der Waals surface area contributed by atoms with Gasteiger partial charge in [-0.15, -0.1) is 0 Å².